The van der Waals surface area contributed by atoms with Crippen LogP contribution in [0.5, 0.6) is 0 Å². The number of rotatable bonds is 5. The minimum absolute atomic E-state index is 0.154. The van der Waals surface area contributed by atoms with Gasteiger partial charge in [0.05, 0.1) is 24.1 Å². The van der Waals surface area contributed by atoms with Crippen LogP contribution in [0.3, 0.4) is 0 Å². The molecular formula is C24H21ClN6O3. The molecule has 0 radical (unpaired) electrons. The van der Waals surface area contributed by atoms with Gasteiger partial charge in [0.15, 0.2) is 5.69 Å². The molecule has 0 atom stereocenters. The molecule has 1 aliphatic heterocycles. The molecule has 0 bridgehead atoms. The maximum absolute atomic E-state index is 12.9. The third kappa shape index (κ3) is 4.11. The number of halogens is 1. The number of methoxy groups -OCH3 is 1. The Kier molecular flexibility index (Phi) is 5.95. The Morgan fingerprint density at radius 3 is 2.76 bits per heavy atom. The third-order valence-corrected chi connectivity index (χ3v) is 6.15. The highest BCUT2D eigenvalue weighted by Crippen LogP contribution is 2.28. The zero-order valence-corrected chi connectivity index (χ0v) is 19.1. The topological polar surface area (TPSA) is 106 Å². The predicted molar refractivity (Wildman–Crippen MR) is 126 cm³/mol. The molecule has 4 heterocycles. The van der Waals surface area contributed by atoms with Crippen LogP contribution in [0.1, 0.15) is 27.3 Å². The number of aromatic amines is 1. The SMILES string of the molecule is COC(=O)c1nn(-c2ccccc2)c(Cl)c1CN1CCc2nc(-c3cccnc3)[nH]c(=O)c2C1. The second kappa shape index (κ2) is 9.20. The van der Waals surface area contributed by atoms with E-state index in [9.17, 15) is 9.59 Å². The number of pyridine rings is 1. The normalized spacial score (nSPS) is 13.5. The lowest BCUT2D eigenvalue weighted by atomic mass is 10.1. The average Bonchev–Trinajstić information content (AvgIpc) is 3.20. The number of aromatic nitrogens is 5. The Morgan fingerprint density at radius 1 is 1.21 bits per heavy atom. The summed E-state index contributed by atoms with van der Waals surface area (Å²) in [5.74, 6) is -0.0601. The number of carbonyl (C=O) groups excluding carboxylic acids is 1. The van der Waals surface area contributed by atoms with E-state index in [2.05, 4.69) is 20.1 Å². The maximum atomic E-state index is 12.9. The Hall–Kier alpha value is -3.82. The number of hydrogen-bond acceptors (Lipinski definition) is 7. The van der Waals surface area contributed by atoms with E-state index in [4.69, 9.17) is 16.3 Å². The number of ether oxygens (including phenoxy) is 1. The molecule has 5 rings (SSSR count). The zero-order valence-electron chi connectivity index (χ0n) is 18.4. The lowest BCUT2D eigenvalue weighted by Gasteiger charge is -2.27. The highest BCUT2D eigenvalue weighted by atomic mass is 35.5. The van der Waals surface area contributed by atoms with Gasteiger partial charge in [-0.1, -0.05) is 29.8 Å². The summed E-state index contributed by atoms with van der Waals surface area (Å²) in [7, 11) is 1.31. The van der Waals surface area contributed by atoms with Crippen molar-refractivity contribution in [1.29, 1.82) is 0 Å². The highest BCUT2D eigenvalue weighted by Gasteiger charge is 2.28. The van der Waals surface area contributed by atoms with Crippen molar-refractivity contribution in [3.05, 3.63) is 92.9 Å². The number of H-pyrrole nitrogens is 1. The molecule has 172 valence electrons. The fourth-order valence-electron chi connectivity index (χ4n) is 4.05. The van der Waals surface area contributed by atoms with Crippen LogP contribution in [0.2, 0.25) is 5.15 Å². The lowest BCUT2D eigenvalue weighted by Crippen LogP contribution is -2.35. The molecule has 9 nitrogen and oxygen atoms in total. The predicted octanol–water partition coefficient (Wildman–Crippen LogP) is 3.02. The van der Waals surface area contributed by atoms with Crippen molar-refractivity contribution in [1.82, 2.24) is 29.6 Å². The van der Waals surface area contributed by atoms with E-state index in [0.717, 1.165) is 16.9 Å². The Morgan fingerprint density at radius 2 is 2.03 bits per heavy atom. The number of carbonyl (C=O) groups is 1. The summed E-state index contributed by atoms with van der Waals surface area (Å²) >= 11 is 6.68. The molecule has 4 aromatic rings. The van der Waals surface area contributed by atoms with Gasteiger partial charge in [0.1, 0.15) is 11.0 Å². The van der Waals surface area contributed by atoms with E-state index in [-0.39, 0.29) is 11.3 Å². The molecule has 0 aliphatic carbocycles. The van der Waals surface area contributed by atoms with E-state index in [1.165, 1.54) is 11.8 Å². The first-order chi connectivity index (χ1) is 16.5. The first-order valence-electron chi connectivity index (χ1n) is 10.7. The van der Waals surface area contributed by atoms with Gasteiger partial charge in [-0.2, -0.15) is 5.10 Å². The molecule has 0 fully saturated rings. The van der Waals surface area contributed by atoms with Crippen molar-refractivity contribution < 1.29 is 9.53 Å². The summed E-state index contributed by atoms with van der Waals surface area (Å²) in [4.78, 5) is 39.0. The Labute approximate surface area is 200 Å². The number of fused-ring (bicyclic) bond motifs is 1. The first kappa shape index (κ1) is 22.0. The van der Waals surface area contributed by atoms with E-state index in [1.807, 2.05) is 41.3 Å². The van der Waals surface area contributed by atoms with Crippen molar-refractivity contribution in [3.8, 4) is 17.1 Å². The summed E-state index contributed by atoms with van der Waals surface area (Å²) in [5.41, 5.74) is 3.37. The van der Waals surface area contributed by atoms with Crippen molar-refractivity contribution >= 4 is 17.6 Å². The van der Waals surface area contributed by atoms with Gasteiger partial charge in [-0.05, 0) is 24.3 Å². The molecule has 0 saturated carbocycles. The number of hydrogen-bond donors (Lipinski definition) is 1. The van der Waals surface area contributed by atoms with Crippen molar-refractivity contribution in [3.63, 3.8) is 0 Å². The summed E-state index contributed by atoms with van der Waals surface area (Å²) < 4.78 is 6.46. The van der Waals surface area contributed by atoms with Crippen LogP contribution >= 0.6 is 11.6 Å². The van der Waals surface area contributed by atoms with E-state index in [0.29, 0.717) is 48.2 Å². The van der Waals surface area contributed by atoms with Gasteiger partial charge >= 0.3 is 5.97 Å². The standard InChI is InChI=1S/C24H21ClN6O3/c1-34-24(33)20-18(21(25)31(29-20)16-7-3-2-4-8-16)14-30-11-9-19-17(13-30)23(32)28-22(27-19)15-6-5-10-26-12-15/h2-8,10,12H,9,11,13-14H2,1H3,(H,27,28,32). The van der Waals surface area contributed by atoms with Crippen LogP contribution < -0.4 is 5.56 Å². The average molecular weight is 477 g/mol. The quantitative estimate of drug-likeness (QED) is 0.441. The summed E-state index contributed by atoms with van der Waals surface area (Å²) in [6, 6.07) is 13.0. The van der Waals surface area contributed by atoms with Crippen molar-refractivity contribution in [2.75, 3.05) is 13.7 Å². The van der Waals surface area contributed by atoms with Crippen molar-refractivity contribution in [2.24, 2.45) is 0 Å². The number of esters is 1. The molecule has 0 unspecified atom stereocenters. The van der Waals surface area contributed by atoms with E-state index in [1.54, 1.807) is 18.5 Å². The van der Waals surface area contributed by atoms with Crippen LogP contribution in [0, 0.1) is 0 Å². The molecule has 1 N–H and O–H groups in total. The number of benzene rings is 1. The summed E-state index contributed by atoms with van der Waals surface area (Å²) in [6.45, 7) is 1.35. The molecule has 0 amide bonds. The van der Waals surface area contributed by atoms with Gasteiger partial charge in [-0.3, -0.25) is 14.7 Å². The minimum atomic E-state index is -0.565. The van der Waals surface area contributed by atoms with Crippen LogP contribution in [0.25, 0.3) is 17.1 Å². The third-order valence-electron chi connectivity index (χ3n) is 5.76. The summed E-state index contributed by atoms with van der Waals surface area (Å²) in [5, 5.41) is 4.75. The monoisotopic (exact) mass is 476 g/mol. The fourth-order valence-corrected chi connectivity index (χ4v) is 4.33. The van der Waals surface area contributed by atoms with Crippen molar-refractivity contribution in [2.45, 2.75) is 19.5 Å². The first-order valence-corrected chi connectivity index (χ1v) is 11.1. The van der Waals surface area contributed by atoms with Crippen LogP contribution in [0.4, 0.5) is 0 Å². The van der Waals surface area contributed by atoms with E-state index < -0.39 is 5.97 Å². The molecular weight excluding hydrogens is 456 g/mol. The van der Waals surface area contributed by atoms with Gasteiger partial charge in [0.25, 0.3) is 5.56 Å². The zero-order chi connectivity index (χ0) is 23.7. The molecule has 0 spiro atoms. The number of nitrogens with zero attached hydrogens (tertiary/aromatic N) is 5. The number of para-hydroxylation sites is 1. The van der Waals surface area contributed by atoms with Crippen LogP contribution in [-0.2, 0) is 24.2 Å². The smallest absolute Gasteiger partial charge is 0.358 e. The van der Waals surface area contributed by atoms with Gasteiger partial charge in [-0.15, -0.1) is 0 Å². The second-order valence-corrected chi connectivity index (χ2v) is 8.26. The van der Waals surface area contributed by atoms with Gasteiger partial charge < -0.3 is 9.72 Å². The molecule has 34 heavy (non-hydrogen) atoms. The minimum Gasteiger partial charge on any atom is -0.464 e. The lowest BCUT2D eigenvalue weighted by molar-refractivity contribution is 0.0591. The van der Waals surface area contributed by atoms with E-state index >= 15 is 0 Å². The maximum Gasteiger partial charge on any atom is 0.358 e. The molecule has 1 aromatic carbocycles. The molecule has 3 aromatic heterocycles. The highest BCUT2D eigenvalue weighted by molar-refractivity contribution is 6.31. The van der Waals surface area contributed by atoms with Gasteiger partial charge in [-0.25, -0.2) is 14.5 Å². The second-order valence-electron chi connectivity index (χ2n) is 7.90. The van der Waals surface area contributed by atoms with Crippen LogP contribution in [-0.4, -0.2) is 49.3 Å². The molecule has 0 saturated heterocycles. The van der Waals surface area contributed by atoms with Gasteiger partial charge in [0, 0.05) is 49.6 Å². The molecule has 1 aliphatic rings. The summed E-state index contributed by atoms with van der Waals surface area (Å²) in [6.07, 6.45) is 3.93. The van der Waals surface area contributed by atoms with Gasteiger partial charge in [0.2, 0.25) is 0 Å². The largest absolute Gasteiger partial charge is 0.464 e. The number of nitrogens with one attached hydrogen (secondary N) is 1. The fraction of sp³-hybridized carbons (Fsp3) is 0.208. The Bertz CT molecular complexity index is 1400. The molecule has 10 heteroatoms. The Balaban J connectivity index is 1.45. The van der Waals surface area contributed by atoms with Crippen LogP contribution in [0.15, 0.2) is 59.7 Å².